The van der Waals surface area contributed by atoms with E-state index in [-0.39, 0.29) is 5.92 Å². The minimum absolute atomic E-state index is 0.0261. The summed E-state index contributed by atoms with van der Waals surface area (Å²) in [5.41, 5.74) is 14.7. The van der Waals surface area contributed by atoms with Gasteiger partial charge in [-0.3, -0.25) is 0 Å². The summed E-state index contributed by atoms with van der Waals surface area (Å²) in [5.74, 6) is 1.50. The summed E-state index contributed by atoms with van der Waals surface area (Å²) >= 11 is 0. The molecule has 0 heterocycles. The van der Waals surface area contributed by atoms with Crippen molar-refractivity contribution in [2.45, 2.75) is 99.5 Å². The molecule has 0 fully saturated rings. The second kappa shape index (κ2) is 16.7. The quantitative estimate of drug-likeness (QED) is 0.152. The lowest BCUT2D eigenvalue weighted by Gasteiger charge is -2.53. The van der Waals surface area contributed by atoms with Gasteiger partial charge in [-0.05, 0) is 124 Å². The Morgan fingerprint density at radius 1 is 0.907 bits per heavy atom. The average Bonchev–Trinajstić information content (AvgIpc) is 3.38. The molecule has 0 radical (unpaired) electrons. The molecule has 54 heavy (non-hydrogen) atoms. The highest BCUT2D eigenvalue weighted by atomic mass is 15.2. The highest BCUT2D eigenvalue weighted by Gasteiger charge is 2.50. The summed E-state index contributed by atoms with van der Waals surface area (Å²) in [6, 6.07) is 27.5. The first-order chi connectivity index (χ1) is 25.9. The van der Waals surface area contributed by atoms with Crippen molar-refractivity contribution in [2.75, 3.05) is 9.80 Å². The first-order valence-electron chi connectivity index (χ1n) is 20.3. The highest BCUT2D eigenvalue weighted by molar-refractivity contribution is 5.91. The Bertz CT molecular complexity index is 2040. The molecule has 0 aliphatic heterocycles. The molecule has 6 rings (SSSR count). The van der Waals surface area contributed by atoms with E-state index in [4.69, 9.17) is 0 Å². The SMILES string of the molecule is C=C(C)/C=C\C(=C/C)N(c1ccccc1)C1(C)c2cc(C(C)C)ccc2C(N(C2=CCCC(C)CC=C2)c2ccc(C)cc2)=C2C=C(C(C)C)CC=CC21. The van der Waals surface area contributed by atoms with Crippen molar-refractivity contribution < 1.29 is 0 Å². The molecular weight excluding hydrogens is 653 g/mol. The Kier molecular flexibility index (Phi) is 12.0. The van der Waals surface area contributed by atoms with Crippen LogP contribution in [0.1, 0.15) is 109 Å². The Labute approximate surface area is 327 Å². The van der Waals surface area contributed by atoms with Crippen LogP contribution in [-0.4, -0.2) is 0 Å². The van der Waals surface area contributed by atoms with Gasteiger partial charge in [0, 0.05) is 34.3 Å². The molecule has 0 amide bonds. The van der Waals surface area contributed by atoms with Crippen LogP contribution >= 0.6 is 0 Å². The van der Waals surface area contributed by atoms with Crippen molar-refractivity contribution in [1.82, 2.24) is 0 Å². The summed E-state index contributed by atoms with van der Waals surface area (Å²) in [4.78, 5) is 5.21. The number of hydrogen-bond donors (Lipinski definition) is 0. The predicted octanol–water partition coefficient (Wildman–Crippen LogP) is 14.5. The maximum Gasteiger partial charge on any atom is 0.0784 e. The molecule has 0 saturated carbocycles. The van der Waals surface area contributed by atoms with Gasteiger partial charge in [0.15, 0.2) is 0 Å². The van der Waals surface area contributed by atoms with Crippen molar-refractivity contribution >= 4 is 17.1 Å². The number of nitrogens with zero attached hydrogens (tertiary/aromatic N) is 2. The van der Waals surface area contributed by atoms with Gasteiger partial charge in [0.05, 0.1) is 11.2 Å². The van der Waals surface area contributed by atoms with Crippen molar-refractivity contribution in [2.24, 2.45) is 17.8 Å². The summed E-state index contributed by atoms with van der Waals surface area (Å²) in [7, 11) is 0. The first kappa shape index (κ1) is 38.9. The van der Waals surface area contributed by atoms with E-state index in [0.29, 0.717) is 17.8 Å². The molecule has 3 aromatic carbocycles. The molecule has 2 nitrogen and oxygen atoms in total. The van der Waals surface area contributed by atoms with E-state index in [1.807, 2.05) is 0 Å². The third kappa shape index (κ3) is 7.85. The molecular formula is C52H62N2. The van der Waals surface area contributed by atoms with Crippen LogP contribution in [0.15, 0.2) is 162 Å². The van der Waals surface area contributed by atoms with Gasteiger partial charge in [-0.1, -0.05) is 149 Å². The summed E-state index contributed by atoms with van der Waals surface area (Å²) < 4.78 is 0. The van der Waals surface area contributed by atoms with E-state index in [0.717, 1.165) is 30.5 Å². The fraction of sp³-hybridized carbons (Fsp3) is 0.346. The van der Waals surface area contributed by atoms with E-state index in [1.54, 1.807) is 0 Å². The summed E-state index contributed by atoms with van der Waals surface area (Å²) in [5, 5.41) is 0. The van der Waals surface area contributed by atoms with Gasteiger partial charge < -0.3 is 9.80 Å². The number of rotatable bonds is 10. The fourth-order valence-electron chi connectivity index (χ4n) is 8.46. The molecule has 3 atom stereocenters. The number of benzene rings is 3. The van der Waals surface area contributed by atoms with Gasteiger partial charge in [0.2, 0.25) is 0 Å². The molecule has 3 aliphatic carbocycles. The minimum Gasteiger partial charge on any atom is -0.331 e. The van der Waals surface area contributed by atoms with Gasteiger partial charge in [0.25, 0.3) is 0 Å². The van der Waals surface area contributed by atoms with Crippen molar-refractivity contribution in [3.63, 3.8) is 0 Å². The van der Waals surface area contributed by atoms with Crippen molar-refractivity contribution in [1.29, 1.82) is 0 Å². The van der Waals surface area contributed by atoms with E-state index in [9.17, 15) is 0 Å². The van der Waals surface area contributed by atoms with Crippen LogP contribution in [0.25, 0.3) is 5.70 Å². The molecule has 2 heteroatoms. The Morgan fingerprint density at radius 3 is 2.31 bits per heavy atom. The highest BCUT2D eigenvalue weighted by Crippen LogP contribution is 2.55. The molecule has 3 aliphatic rings. The van der Waals surface area contributed by atoms with Crippen LogP contribution in [0.5, 0.6) is 0 Å². The lowest BCUT2D eigenvalue weighted by molar-refractivity contribution is 0.383. The van der Waals surface area contributed by atoms with Gasteiger partial charge in [0.1, 0.15) is 0 Å². The van der Waals surface area contributed by atoms with Gasteiger partial charge >= 0.3 is 0 Å². The number of anilines is 2. The molecule has 0 spiro atoms. The smallest absolute Gasteiger partial charge is 0.0784 e. The van der Waals surface area contributed by atoms with Crippen LogP contribution < -0.4 is 9.80 Å². The number of para-hydroxylation sites is 1. The molecule has 3 aromatic rings. The summed E-state index contributed by atoms with van der Waals surface area (Å²) in [6.07, 6.45) is 25.8. The first-order valence-corrected chi connectivity index (χ1v) is 20.3. The zero-order chi connectivity index (χ0) is 38.6. The number of fused-ring (bicyclic) bond motifs is 2. The second-order valence-corrected chi connectivity index (χ2v) is 16.6. The average molecular weight is 715 g/mol. The fourth-order valence-corrected chi connectivity index (χ4v) is 8.46. The van der Waals surface area contributed by atoms with Crippen LogP contribution in [0.3, 0.4) is 0 Å². The zero-order valence-electron chi connectivity index (χ0n) is 34.4. The molecule has 0 aromatic heterocycles. The third-order valence-electron chi connectivity index (χ3n) is 11.7. The van der Waals surface area contributed by atoms with Gasteiger partial charge in [-0.25, -0.2) is 0 Å². The monoisotopic (exact) mass is 714 g/mol. The third-order valence-corrected chi connectivity index (χ3v) is 11.7. The minimum atomic E-state index is -0.499. The predicted molar refractivity (Wildman–Crippen MR) is 235 cm³/mol. The Hall–Kier alpha value is -4.82. The van der Waals surface area contributed by atoms with Crippen LogP contribution in [-0.2, 0) is 5.54 Å². The topological polar surface area (TPSA) is 6.48 Å². The lowest BCUT2D eigenvalue weighted by Crippen LogP contribution is -2.52. The molecule has 0 saturated heterocycles. The van der Waals surface area contributed by atoms with Gasteiger partial charge in [-0.15, -0.1) is 0 Å². The van der Waals surface area contributed by atoms with Crippen molar-refractivity contribution in [3.05, 3.63) is 184 Å². The number of allylic oxidation sites excluding steroid dienone is 10. The number of aryl methyl sites for hydroxylation is 1. The van der Waals surface area contributed by atoms with Gasteiger partial charge in [-0.2, -0.15) is 0 Å². The number of hydrogen-bond acceptors (Lipinski definition) is 2. The Balaban J connectivity index is 1.77. The zero-order valence-corrected chi connectivity index (χ0v) is 34.4. The van der Waals surface area contributed by atoms with E-state index in [1.165, 1.54) is 62.6 Å². The van der Waals surface area contributed by atoms with Crippen molar-refractivity contribution in [3.8, 4) is 0 Å². The molecule has 280 valence electrons. The molecule has 0 bridgehead atoms. The standard InChI is InChI=1S/C52H62N2/c1-11-43(30-26-36(2)3)54(46-21-13-12-14-22-46)52(10)49-25-17-20-41(37(4)5)34-48(49)51(47-33-29-42(38(6)7)35-50(47)52)53(45-31-27-40(9)28-32-45)44-23-15-18-39(8)19-16-24-44/h11-15,17,21-35,37-39,49H,2,16,18-20H2,1,3-10H3/b23-15?,30-26-,43-11+,44-24?. The lowest BCUT2D eigenvalue weighted by atomic mass is 9.66. The van der Waals surface area contributed by atoms with Crippen LogP contribution in [0, 0.1) is 24.7 Å². The Morgan fingerprint density at radius 2 is 1.65 bits per heavy atom. The van der Waals surface area contributed by atoms with E-state index < -0.39 is 5.54 Å². The normalized spacial score (nSPS) is 21.6. The largest absolute Gasteiger partial charge is 0.331 e. The maximum atomic E-state index is 4.24. The maximum absolute atomic E-state index is 4.24. The van der Waals surface area contributed by atoms with E-state index >= 15 is 0 Å². The van der Waals surface area contributed by atoms with Crippen LogP contribution in [0.2, 0.25) is 0 Å². The summed E-state index contributed by atoms with van der Waals surface area (Å²) in [6.45, 7) is 24.9. The molecule has 3 unspecified atom stereocenters. The molecule has 0 N–H and O–H groups in total. The van der Waals surface area contributed by atoms with E-state index in [2.05, 4.69) is 206 Å². The van der Waals surface area contributed by atoms with Crippen LogP contribution in [0.4, 0.5) is 11.4 Å². The second-order valence-electron chi connectivity index (χ2n) is 16.6.